The van der Waals surface area contributed by atoms with E-state index in [2.05, 4.69) is 38.1 Å². The molecule has 0 saturated carbocycles. The lowest BCUT2D eigenvalue weighted by atomic mass is 9.98. The van der Waals surface area contributed by atoms with Crippen LogP contribution in [0.25, 0.3) is 11.1 Å². The van der Waals surface area contributed by atoms with Crippen LogP contribution < -0.4 is 16.0 Å². The van der Waals surface area contributed by atoms with Crippen molar-refractivity contribution < 1.29 is 28.7 Å². The summed E-state index contributed by atoms with van der Waals surface area (Å²) in [6.07, 6.45) is 4.37. The van der Waals surface area contributed by atoms with Gasteiger partial charge < -0.3 is 30.4 Å². The molecule has 0 radical (unpaired) electrons. The molecule has 11 nitrogen and oxygen atoms in total. The minimum atomic E-state index is -1.10. The van der Waals surface area contributed by atoms with E-state index >= 15 is 0 Å². The van der Waals surface area contributed by atoms with Crippen LogP contribution in [0.2, 0.25) is 0 Å². The molecule has 0 spiro atoms. The number of aromatic nitrogens is 2. The standard InChI is InChI=1S/C40H47N5O6/c1-5-6-20-33(38(48)51-40(2,3)4)43-37(47)35(22-27-23-41-25-42-27)44-36(46)34(21-26-14-8-7-9-15-26)45-39(49)50-24-32-30-18-12-10-16-28(30)29-17-11-13-19-31(29)32/h7-19,23,25,32-35H,5-6,20-22,24H2,1-4H3,(H,41,42)(H,43,47)(H,44,46)(H,45,49)/t33-,34-,35-/m0/s1. The Morgan fingerprint density at radius 2 is 1.37 bits per heavy atom. The van der Waals surface area contributed by atoms with Gasteiger partial charge in [0.15, 0.2) is 0 Å². The number of esters is 1. The lowest BCUT2D eigenvalue weighted by molar-refractivity contribution is -0.159. The largest absolute Gasteiger partial charge is 0.458 e. The number of H-pyrrole nitrogens is 1. The molecule has 0 aliphatic heterocycles. The number of imidazole rings is 1. The number of fused-ring (bicyclic) bond motifs is 3. The van der Waals surface area contributed by atoms with E-state index in [0.717, 1.165) is 34.2 Å². The van der Waals surface area contributed by atoms with Crippen LogP contribution in [-0.4, -0.2) is 64.2 Å². The Bertz CT molecular complexity index is 1740. The van der Waals surface area contributed by atoms with Crippen LogP contribution in [0.1, 0.15) is 75.3 Å². The van der Waals surface area contributed by atoms with E-state index in [0.29, 0.717) is 18.5 Å². The molecule has 5 rings (SSSR count). The number of hydrogen-bond donors (Lipinski definition) is 4. The number of unbranched alkanes of at least 4 members (excludes halogenated alkanes) is 1. The third-order valence-electron chi connectivity index (χ3n) is 8.70. The molecule has 1 aliphatic carbocycles. The number of aromatic amines is 1. The van der Waals surface area contributed by atoms with E-state index in [4.69, 9.17) is 9.47 Å². The van der Waals surface area contributed by atoms with Crippen molar-refractivity contribution in [3.05, 3.63) is 114 Å². The van der Waals surface area contributed by atoms with Gasteiger partial charge in [0.2, 0.25) is 11.8 Å². The minimum absolute atomic E-state index is 0.0649. The second kappa shape index (κ2) is 17.0. The molecule has 51 heavy (non-hydrogen) atoms. The Kier molecular flexibility index (Phi) is 12.3. The molecule has 0 unspecified atom stereocenters. The Hall–Kier alpha value is -5.45. The summed E-state index contributed by atoms with van der Waals surface area (Å²) in [5.41, 5.74) is 5.01. The Balaban J connectivity index is 1.32. The molecule has 0 bridgehead atoms. The van der Waals surface area contributed by atoms with Gasteiger partial charge in [-0.3, -0.25) is 9.59 Å². The van der Waals surface area contributed by atoms with Gasteiger partial charge in [0.25, 0.3) is 0 Å². The minimum Gasteiger partial charge on any atom is -0.458 e. The van der Waals surface area contributed by atoms with Gasteiger partial charge in [-0.1, -0.05) is 98.6 Å². The van der Waals surface area contributed by atoms with Gasteiger partial charge in [0.1, 0.15) is 30.3 Å². The second-order valence-corrected chi connectivity index (χ2v) is 13.8. The maximum absolute atomic E-state index is 14.0. The first-order valence-electron chi connectivity index (χ1n) is 17.5. The fraction of sp³-hybridized carbons (Fsp3) is 0.375. The quantitative estimate of drug-likeness (QED) is 0.118. The number of alkyl carbamates (subject to hydrolysis) is 1. The summed E-state index contributed by atoms with van der Waals surface area (Å²) in [4.78, 5) is 61.3. The number of benzene rings is 3. The van der Waals surface area contributed by atoms with Gasteiger partial charge >= 0.3 is 12.1 Å². The normalized spacial score (nSPS) is 14.0. The second-order valence-electron chi connectivity index (χ2n) is 13.8. The molecule has 3 amide bonds. The summed E-state index contributed by atoms with van der Waals surface area (Å²) >= 11 is 0. The summed E-state index contributed by atoms with van der Waals surface area (Å²) < 4.78 is 11.4. The van der Waals surface area contributed by atoms with Crippen molar-refractivity contribution in [1.82, 2.24) is 25.9 Å². The average Bonchev–Trinajstić information content (AvgIpc) is 3.74. The van der Waals surface area contributed by atoms with Gasteiger partial charge in [-0.25, -0.2) is 14.6 Å². The maximum Gasteiger partial charge on any atom is 0.407 e. The molecule has 4 aromatic rings. The van der Waals surface area contributed by atoms with Gasteiger partial charge in [0, 0.05) is 30.7 Å². The van der Waals surface area contributed by atoms with E-state index in [1.807, 2.05) is 73.7 Å². The van der Waals surface area contributed by atoms with Crippen LogP contribution in [0.4, 0.5) is 4.79 Å². The molecular weight excluding hydrogens is 646 g/mol. The lowest BCUT2D eigenvalue weighted by Crippen LogP contribution is -2.57. The highest BCUT2D eigenvalue weighted by atomic mass is 16.6. The van der Waals surface area contributed by atoms with Crippen LogP contribution in [0.15, 0.2) is 91.4 Å². The molecule has 1 aliphatic rings. The fourth-order valence-electron chi connectivity index (χ4n) is 6.24. The van der Waals surface area contributed by atoms with Gasteiger partial charge in [-0.2, -0.15) is 0 Å². The van der Waals surface area contributed by atoms with Crippen LogP contribution in [0.3, 0.4) is 0 Å². The summed E-state index contributed by atoms with van der Waals surface area (Å²) in [6, 6.07) is 22.3. The highest BCUT2D eigenvalue weighted by molar-refractivity contribution is 5.93. The predicted octanol–water partition coefficient (Wildman–Crippen LogP) is 5.60. The van der Waals surface area contributed by atoms with Crippen molar-refractivity contribution in [3.63, 3.8) is 0 Å². The Labute approximate surface area is 298 Å². The van der Waals surface area contributed by atoms with Crippen molar-refractivity contribution in [2.45, 2.75) is 89.4 Å². The predicted molar refractivity (Wildman–Crippen MR) is 194 cm³/mol. The Morgan fingerprint density at radius 1 is 0.784 bits per heavy atom. The van der Waals surface area contributed by atoms with Crippen molar-refractivity contribution in [2.75, 3.05) is 6.61 Å². The monoisotopic (exact) mass is 693 g/mol. The molecule has 268 valence electrons. The van der Waals surface area contributed by atoms with E-state index in [9.17, 15) is 19.2 Å². The number of ether oxygens (including phenoxy) is 2. The number of nitrogens with one attached hydrogen (secondary N) is 4. The number of rotatable bonds is 15. The summed E-state index contributed by atoms with van der Waals surface area (Å²) in [5.74, 6) is -1.86. The zero-order chi connectivity index (χ0) is 36.4. The first kappa shape index (κ1) is 36.8. The number of amides is 3. The Morgan fingerprint density at radius 3 is 1.96 bits per heavy atom. The highest BCUT2D eigenvalue weighted by Gasteiger charge is 2.33. The van der Waals surface area contributed by atoms with Gasteiger partial charge in [-0.05, 0) is 55.0 Å². The topological polar surface area (TPSA) is 152 Å². The number of carbonyl (C=O) groups is 4. The van der Waals surface area contributed by atoms with Gasteiger partial charge in [0.05, 0.1) is 6.33 Å². The molecule has 3 atom stereocenters. The maximum atomic E-state index is 14.0. The van der Waals surface area contributed by atoms with E-state index < -0.39 is 47.6 Å². The van der Waals surface area contributed by atoms with Crippen molar-refractivity contribution >= 4 is 23.9 Å². The third kappa shape index (κ3) is 10.1. The van der Waals surface area contributed by atoms with Crippen molar-refractivity contribution in [1.29, 1.82) is 0 Å². The molecule has 0 fully saturated rings. The fourth-order valence-corrected chi connectivity index (χ4v) is 6.24. The van der Waals surface area contributed by atoms with E-state index in [1.165, 1.54) is 6.33 Å². The number of carbonyl (C=O) groups excluding carboxylic acids is 4. The van der Waals surface area contributed by atoms with Crippen molar-refractivity contribution in [2.24, 2.45) is 0 Å². The van der Waals surface area contributed by atoms with Crippen LogP contribution in [-0.2, 0) is 36.7 Å². The summed E-state index contributed by atoms with van der Waals surface area (Å²) in [7, 11) is 0. The van der Waals surface area contributed by atoms with Gasteiger partial charge in [-0.15, -0.1) is 0 Å². The molecule has 3 aromatic carbocycles. The average molecular weight is 694 g/mol. The SMILES string of the molecule is CCCC[C@H](NC(=O)[C@H](Cc1cnc[nH]1)NC(=O)[C@H](Cc1ccccc1)NC(=O)OCC1c2ccccc2-c2ccccc21)C(=O)OC(C)(C)C. The number of nitrogens with zero attached hydrogens (tertiary/aromatic N) is 1. The molecular formula is C40H47N5O6. The smallest absolute Gasteiger partial charge is 0.407 e. The highest BCUT2D eigenvalue weighted by Crippen LogP contribution is 2.44. The lowest BCUT2D eigenvalue weighted by Gasteiger charge is -2.27. The summed E-state index contributed by atoms with van der Waals surface area (Å²) in [5, 5.41) is 8.40. The molecule has 11 heteroatoms. The third-order valence-corrected chi connectivity index (χ3v) is 8.70. The molecule has 4 N–H and O–H groups in total. The van der Waals surface area contributed by atoms with Crippen LogP contribution >= 0.6 is 0 Å². The van der Waals surface area contributed by atoms with Crippen LogP contribution in [0, 0.1) is 0 Å². The first-order chi connectivity index (χ1) is 24.5. The van der Waals surface area contributed by atoms with E-state index in [1.54, 1.807) is 27.0 Å². The summed E-state index contributed by atoms with van der Waals surface area (Å²) in [6.45, 7) is 7.36. The van der Waals surface area contributed by atoms with E-state index in [-0.39, 0.29) is 25.4 Å². The first-order valence-corrected chi connectivity index (χ1v) is 17.5. The molecule has 0 saturated heterocycles. The molecule has 1 aromatic heterocycles. The number of hydrogen-bond acceptors (Lipinski definition) is 7. The van der Waals surface area contributed by atoms with Crippen molar-refractivity contribution in [3.8, 4) is 11.1 Å². The molecule has 1 heterocycles. The zero-order valence-electron chi connectivity index (χ0n) is 29.6. The van der Waals surface area contributed by atoms with Crippen LogP contribution in [0.5, 0.6) is 0 Å². The zero-order valence-corrected chi connectivity index (χ0v) is 29.6.